The van der Waals surface area contributed by atoms with E-state index in [2.05, 4.69) is 10.6 Å². The zero-order chi connectivity index (χ0) is 22.3. The van der Waals surface area contributed by atoms with Crippen molar-refractivity contribution in [3.63, 3.8) is 0 Å². The molecule has 0 fully saturated rings. The number of benzene rings is 2. The molecular formula is C22H26F2N2O4. The van der Waals surface area contributed by atoms with Gasteiger partial charge in [-0.15, -0.1) is 0 Å². The second-order valence-corrected chi connectivity index (χ2v) is 6.81. The summed E-state index contributed by atoms with van der Waals surface area (Å²) in [6.07, 6.45) is 0. The van der Waals surface area contributed by atoms with Crippen LogP contribution in [0.2, 0.25) is 0 Å². The summed E-state index contributed by atoms with van der Waals surface area (Å²) in [5, 5.41) is 5.12. The fourth-order valence-electron chi connectivity index (χ4n) is 2.81. The van der Waals surface area contributed by atoms with Gasteiger partial charge in [0.15, 0.2) is 11.5 Å². The van der Waals surface area contributed by atoms with Crippen LogP contribution in [0.25, 0.3) is 0 Å². The van der Waals surface area contributed by atoms with Gasteiger partial charge in [-0.2, -0.15) is 0 Å². The summed E-state index contributed by atoms with van der Waals surface area (Å²) in [6.45, 7) is 7.97. The van der Waals surface area contributed by atoms with Crippen LogP contribution in [0, 0.1) is 17.6 Å². The third-order valence-electron chi connectivity index (χ3n) is 4.24. The highest BCUT2D eigenvalue weighted by atomic mass is 19.1. The molecule has 0 radical (unpaired) electrons. The first-order valence-electron chi connectivity index (χ1n) is 9.73. The first kappa shape index (κ1) is 23.1. The topological polar surface area (TPSA) is 76.7 Å². The highest BCUT2D eigenvalue weighted by molar-refractivity contribution is 6.01. The van der Waals surface area contributed by atoms with Crippen molar-refractivity contribution in [1.29, 1.82) is 0 Å². The number of carbonyl (C=O) groups is 2. The van der Waals surface area contributed by atoms with Crippen molar-refractivity contribution in [2.75, 3.05) is 18.5 Å². The van der Waals surface area contributed by atoms with Crippen molar-refractivity contribution < 1.29 is 27.8 Å². The highest BCUT2D eigenvalue weighted by Gasteiger charge is 2.27. The van der Waals surface area contributed by atoms with Gasteiger partial charge in [0.25, 0.3) is 5.91 Å². The standard InChI is InChI=1S/C22H26F2N2O4/c1-5-29-17-11-10-14(12-18(17)30-6-2)25-22(28)20(13(3)4)26-21(27)19-15(23)8-7-9-16(19)24/h7-13,20H,5-6H2,1-4H3,(H,25,28)(H,26,27). The lowest BCUT2D eigenvalue weighted by molar-refractivity contribution is -0.118. The van der Waals surface area contributed by atoms with Crippen molar-refractivity contribution in [2.24, 2.45) is 5.92 Å². The van der Waals surface area contributed by atoms with Crippen molar-refractivity contribution in [3.05, 3.63) is 53.6 Å². The van der Waals surface area contributed by atoms with E-state index >= 15 is 0 Å². The van der Waals surface area contributed by atoms with Crippen molar-refractivity contribution in [3.8, 4) is 11.5 Å². The Kier molecular flexibility index (Phi) is 8.15. The van der Waals surface area contributed by atoms with Crippen molar-refractivity contribution in [1.82, 2.24) is 5.32 Å². The molecule has 2 aromatic carbocycles. The molecule has 162 valence electrons. The van der Waals surface area contributed by atoms with Crippen LogP contribution in [0.5, 0.6) is 11.5 Å². The molecule has 1 atom stereocenters. The second-order valence-electron chi connectivity index (χ2n) is 6.81. The molecule has 0 bridgehead atoms. The van der Waals surface area contributed by atoms with Crippen molar-refractivity contribution >= 4 is 17.5 Å². The van der Waals surface area contributed by atoms with Crippen LogP contribution in [0.1, 0.15) is 38.1 Å². The molecule has 0 aliphatic heterocycles. The summed E-state index contributed by atoms with van der Waals surface area (Å²) >= 11 is 0. The second kappa shape index (κ2) is 10.6. The molecule has 0 aromatic heterocycles. The minimum absolute atomic E-state index is 0.335. The Morgan fingerprint density at radius 1 is 0.967 bits per heavy atom. The summed E-state index contributed by atoms with van der Waals surface area (Å²) in [4.78, 5) is 25.2. The molecule has 1 unspecified atom stereocenters. The van der Waals surface area contributed by atoms with E-state index in [9.17, 15) is 18.4 Å². The predicted molar refractivity (Wildman–Crippen MR) is 110 cm³/mol. The maximum absolute atomic E-state index is 13.9. The van der Waals surface area contributed by atoms with Gasteiger partial charge in [0, 0.05) is 11.8 Å². The van der Waals surface area contributed by atoms with E-state index in [-0.39, 0.29) is 5.92 Å². The van der Waals surface area contributed by atoms with Gasteiger partial charge in [-0.25, -0.2) is 8.78 Å². The molecule has 0 saturated carbocycles. The minimum atomic E-state index is -1.02. The van der Waals surface area contributed by atoms with Crippen LogP contribution in [0.3, 0.4) is 0 Å². The van der Waals surface area contributed by atoms with Crippen LogP contribution >= 0.6 is 0 Å². The number of carbonyl (C=O) groups excluding carboxylic acids is 2. The van der Waals surface area contributed by atoms with E-state index in [1.807, 2.05) is 13.8 Å². The van der Waals surface area contributed by atoms with Gasteiger partial charge < -0.3 is 20.1 Å². The number of rotatable bonds is 9. The Labute approximate surface area is 174 Å². The molecular weight excluding hydrogens is 394 g/mol. The molecule has 30 heavy (non-hydrogen) atoms. The normalized spacial score (nSPS) is 11.7. The summed E-state index contributed by atoms with van der Waals surface area (Å²) < 4.78 is 38.8. The van der Waals surface area contributed by atoms with Crippen LogP contribution in [-0.2, 0) is 4.79 Å². The van der Waals surface area contributed by atoms with Crippen LogP contribution < -0.4 is 20.1 Å². The SMILES string of the molecule is CCOc1ccc(NC(=O)C(NC(=O)c2c(F)cccc2F)C(C)C)cc1OCC. The molecule has 2 rings (SSSR count). The fraction of sp³-hybridized carbons (Fsp3) is 0.364. The third kappa shape index (κ3) is 5.68. The third-order valence-corrected chi connectivity index (χ3v) is 4.24. The molecule has 0 heterocycles. The van der Waals surface area contributed by atoms with Crippen LogP contribution in [-0.4, -0.2) is 31.1 Å². The van der Waals surface area contributed by atoms with Gasteiger partial charge in [-0.05, 0) is 44.0 Å². The van der Waals surface area contributed by atoms with E-state index in [0.717, 1.165) is 18.2 Å². The zero-order valence-corrected chi connectivity index (χ0v) is 17.4. The number of halogens is 2. The molecule has 2 amide bonds. The van der Waals surface area contributed by atoms with E-state index in [0.29, 0.717) is 30.4 Å². The van der Waals surface area contributed by atoms with E-state index in [1.54, 1.807) is 32.0 Å². The van der Waals surface area contributed by atoms with Gasteiger partial charge in [-0.3, -0.25) is 9.59 Å². The van der Waals surface area contributed by atoms with Crippen LogP contribution in [0.4, 0.5) is 14.5 Å². The van der Waals surface area contributed by atoms with Crippen molar-refractivity contribution in [2.45, 2.75) is 33.7 Å². The quantitative estimate of drug-likeness (QED) is 0.639. The minimum Gasteiger partial charge on any atom is -0.490 e. The average molecular weight is 420 g/mol. The smallest absolute Gasteiger partial charge is 0.257 e. The lowest BCUT2D eigenvalue weighted by Crippen LogP contribution is -2.47. The molecule has 0 aliphatic rings. The number of hydrogen-bond acceptors (Lipinski definition) is 4. The largest absolute Gasteiger partial charge is 0.490 e. The first-order chi connectivity index (χ1) is 14.3. The van der Waals surface area contributed by atoms with Gasteiger partial charge in [0.05, 0.1) is 13.2 Å². The Morgan fingerprint density at radius 3 is 2.13 bits per heavy atom. The molecule has 0 spiro atoms. The molecule has 8 heteroatoms. The maximum atomic E-state index is 13.9. The molecule has 2 aromatic rings. The Hall–Kier alpha value is -3.16. The van der Waals surface area contributed by atoms with Gasteiger partial charge in [-0.1, -0.05) is 19.9 Å². The van der Waals surface area contributed by atoms with Gasteiger partial charge in [0.2, 0.25) is 5.91 Å². The van der Waals surface area contributed by atoms with Gasteiger partial charge >= 0.3 is 0 Å². The molecule has 0 saturated heterocycles. The number of nitrogens with one attached hydrogen (secondary N) is 2. The summed E-state index contributed by atoms with van der Waals surface area (Å²) in [5.74, 6) is -2.84. The number of hydrogen-bond donors (Lipinski definition) is 2. The number of amides is 2. The Balaban J connectivity index is 2.20. The molecule has 0 aliphatic carbocycles. The lowest BCUT2D eigenvalue weighted by Gasteiger charge is -2.22. The van der Waals surface area contributed by atoms with E-state index in [4.69, 9.17) is 9.47 Å². The summed E-state index contributed by atoms with van der Waals surface area (Å²) in [7, 11) is 0. The molecule has 6 nitrogen and oxygen atoms in total. The van der Waals surface area contributed by atoms with Gasteiger partial charge in [0.1, 0.15) is 23.2 Å². The molecule has 2 N–H and O–H groups in total. The van der Waals surface area contributed by atoms with E-state index < -0.39 is 35.1 Å². The van der Waals surface area contributed by atoms with Crippen LogP contribution in [0.15, 0.2) is 36.4 Å². The lowest BCUT2D eigenvalue weighted by atomic mass is 10.0. The van der Waals surface area contributed by atoms with E-state index in [1.165, 1.54) is 0 Å². The average Bonchev–Trinajstić information content (AvgIpc) is 2.68. The Morgan fingerprint density at radius 2 is 1.57 bits per heavy atom. The first-order valence-corrected chi connectivity index (χ1v) is 9.73. The predicted octanol–water partition coefficient (Wildman–Crippen LogP) is 4.16. The maximum Gasteiger partial charge on any atom is 0.257 e. The zero-order valence-electron chi connectivity index (χ0n) is 17.4. The summed E-state index contributed by atoms with van der Waals surface area (Å²) in [6, 6.07) is 7.04. The highest BCUT2D eigenvalue weighted by Crippen LogP contribution is 2.30. The Bertz CT molecular complexity index is 882. The summed E-state index contributed by atoms with van der Waals surface area (Å²) in [5.41, 5.74) is -0.292. The monoisotopic (exact) mass is 420 g/mol. The number of ether oxygens (including phenoxy) is 2. The number of anilines is 1. The fourth-order valence-corrected chi connectivity index (χ4v) is 2.81.